The highest BCUT2D eigenvalue weighted by molar-refractivity contribution is 5.71. The molecule has 10 nitrogen and oxygen atoms in total. The van der Waals surface area contributed by atoms with Crippen molar-refractivity contribution in [3.05, 3.63) is 0 Å². The van der Waals surface area contributed by atoms with Crippen LogP contribution in [0.4, 0.5) is 0 Å². The van der Waals surface area contributed by atoms with Gasteiger partial charge in [0.25, 0.3) is 0 Å². The van der Waals surface area contributed by atoms with Crippen LogP contribution >= 0.6 is 0 Å². The zero-order chi connectivity index (χ0) is 14.7. The molecule has 0 saturated carbocycles. The van der Waals surface area contributed by atoms with E-state index in [1.54, 1.807) is 0 Å². The Hall–Kier alpha value is -1.30. The van der Waals surface area contributed by atoms with Gasteiger partial charge in [0.05, 0.1) is 18.5 Å². The molecule has 1 fully saturated rings. The number of aliphatic hydroxyl groups excluding tert-OH is 4. The first-order valence-electron chi connectivity index (χ1n) is 5.17. The molecular weight excluding hydrogens is 268 g/mol. The van der Waals surface area contributed by atoms with Crippen molar-refractivity contribution in [3.63, 3.8) is 0 Å². The molecule has 1 aliphatic heterocycles. The number of aliphatic carboxylic acids is 2. The summed E-state index contributed by atoms with van der Waals surface area (Å²) in [7, 11) is 0. The SMILES string of the molecule is O=C([O-])C(CO)O[C@@H]1OC(C(=O)[O-])[C@@H](O)[C@H](O)C1O. The number of hydrogen-bond donors (Lipinski definition) is 4. The second kappa shape index (κ2) is 6.23. The standard InChI is InChI=1S/C9H14O10/c10-1-2(7(14)15)18-9-5(13)3(11)4(12)6(19-9)8(16)17/h2-6,9-13H,1H2,(H,14,15)(H,16,17)/p-2/t2?,3-,4-,5?,6?,9+/m0/s1. The maximum Gasteiger partial charge on any atom is 0.187 e. The van der Waals surface area contributed by atoms with E-state index < -0.39 is 55.4 Å². The first kappa shape index (κ1) is 15.8. The number of ether oxygens (including phenoxy) is 2. The van der Waals surface area contributed by atoms with Gasteiger partial charge in [0.1, 0.15) is 30.5 Å². The van der Waals surface area contributed by atoms with Crippen LogP contribution in [-0.4, -0.2) is 75.8 Å². The number of hydrogen-bond acceptors (Lipinski definition) is 10. The molecular formula is C9H12O10-2. The van der Waals surface area contributed by atoms with Gasteiger partial charge < -0.3 is 49.7 Å². The molecule has 1 aliphatic rings. The van der Waals surface area contributed by atoms with Crippen LogP contribution in [0.3, 0.4) is 0 Å². The second-order valence-electron chi connectivity index (χ2n) is 3.84. The van der Waals surface area contributed by atoms with Crippen molar-refractivity contribution in [2.75, 3.05) is 6.61 Å². The molecule has 1 saturated heterocycles. The average molecular weight is 280 g/mol. The summed E-state index contributed by atoms with van der Waals surface area (Å²) in [6, 6.07) is 0. The molecule has 10 heteroatoms. The number of carboxylic acid groups (broad SMARTS) is 2. The summed E-state index contributed by atoms with van der Waals surface area (Å²) < 4.78 is 9.15. The molecule has 0 aliphatic carbocycles. The van der Waals surface area contributed by atoms with Gasteiger partial charge in [-0.1, -0.05) is 0 Å². The average Bonchev–Trinajstić information content (AvgIpc) is 2.34. The lowest BCUT2D eigenvalue weighted by Crippen LogP contribution is -2.63. The van der Waals surface area contributed by atoms with Crippen LogP contribution in [0.1, 0.15) is 0 Å². The van der Waals surface area contributed by atoms with E-state index in [2.05, 4.69) is 9.47 Å². The largest absolute Gasteiger partial charge is 0.547 e. The minimum atomic E-state index is -2.02. The molecule has 1 heterocycles. The maximum atomic E-state index is 10.6. The van der Waals surface area contributed by atoms with Gasteiger partial charge in [-0.15, -0.1) is 0 Å². The lowest BCUT2D eigenvalue weighted by molar-refractivity contribution is -0.360. The van der Waals surface area contributed by atoms with Gasteiger partial charge in [0, 0.05) is 0 Å². The van der Waals surface area contributed by atoms with Crippen molar-refractivity contribution < 1.29 is 49.7 Å². The van der Waals surface area contributed by atoms with Gasteiger partial charge in [-0.25, -0.2) is 0 Å². The molecule has 3 unspecified atom stereocenters. The minimum absolute atomic E-state index is 1.02. The zero-order valence-electron chi connectivity index (χ0n) is 9.41. The highest BCUT2D eigenvalue weighted by Gasteiger charge is 2.45. The van der Waals surface area contributed by atoms with Gasteiger partial charge in [0.2, 0.25) is 0 Å². The van der Waals surface area contributed by atoms with Crippen LogP contribution in [-0.2, 0) is 19.1 Å². The van der Waals surface area contributed by atoms with Crippen LogP contribution in [0.15, 0.2) is 0 Å². The van der Waals surface area contributed by atoms with Crippen molar-refractivity contribution in [3.8, 4) is 0 Å². The Balaban J connectivity index is 2.82. The first-order valence-corrected chi connectivity index (χ1v) is 5.17. The monoisotopic (exact) mass is 280 g/mol. The number of carbonyl (C=O) groups is 2. The smallest absolute Gasteiger partial charge is 0.187 e. The predicted octanol–water partition coefficient (Wildman–Crippen LogP) is -6.33. The maximum absolute atomic E-state index is 10.6. The van der Waals surface area contributed by atoms with Gasteiger partial charge in [-0.3, -0.25) is 0 Å². The van der Waals surface area contributed by atoms with E-state index in [0.717, 1.165) is 0 Å². The zero-order valence-corrected chi connectivity index (χ0v) is 9.41. The highest BCUT2D eigenvalue weighted by Crippen LogP contribution is 2.22. The molecule has 0 aromatic rings. The number of aliphatic hydroxyl groups is 4. The fourth-order valence-corrected chi connectivity index (χ4v) is 1.49. The van der Waals surface area contributed by atoms with E-state index in [0.29, 0.717) is 0 Å². The van der Waals surface area contributed by atoms with Gasteiger partial charge in [-0.05, 0) is 0 Å². The Morgan fingerprint density at radius 3 is 2.16 bits per heavy atom. The van der Waals surface area contributed by atoms with Gasteiger partial charge >= 0.3 is 0 Å². The Labute approximate surface area is 106 Å². The van der Waals surface area contributed by atoms with E-state index in [9.17, 15) is 35.1 Å². The second-order valence-corrected chi connectivity index (χ2v) is 3.84. The molecule has 6 atom stereocenters. The van der Waals surface area contributed by atoms with Gasteiger partial charge in [0.15, 0.2) is 6.29 Å². The van der Waals surface area contributed by atoms with Crippen LogP contribution in [0.5, 0.6) is 0 Å². The lowest BCUT2D eigenvalue weighted by atomic mass is 9.99. The summed E-state index contributed by atoms with van der Waals surface area (Å²) in [4.78, 5) is 21.1. The number of carboxylic acids is 2. The normalized spacial score (nSPS) is 36.7. The predicted molar refractivity (Wildman–Crippen MR) is 48.7 cm³/mol. The molecule has 19 heavy (non-hydrogen) atoms. The Morgan fingerprint density at radius 1 is 1.16 bits per heavy atom. The number of carbonyl (C=O) groups excluding carboxylic acids is 2. The summed E-state index contributed by atoms with van der Waals surface area (Å²) in [5, 5.41) is 58.0. The van der Waals surface area contributed by atoms with Crippen LogP contribution in [0, 0.1) is 0 Å². The quantitative estimate of drug-likeness (QED) is 0.378. The molecule has 110 valence electrons. The summed E-state index contributed by atoms with van der Waals surface area (Å²) in [5.41, 5.74) is 0. The molecule has 0 amide bonds. The fraction of sp³-hybridized carbons (Fsp3) is 0.778. The summed E-state index contributed by atoms with van der Waals surface area (Å²) in [6.07, 6.45) is -11.7. The highest BCUT2D eigenvalue weighted by atomic mass is 16.7. The van der Waals surface area contributed by atoms with Crippen molar-refractivity contribution in [2.24, 2.45) is 0 Å². The fourth-order valence-electron chi connectivity index (χ4n) is 1.49. The summed E-state index contributed by atoms with van der Waals surface area (Å²) >= 11 is 0. The topological polar surface area (TPSA) is 180 Å². The van der Waals surface area contributed by atoms with Crippen molar-refractivity contribution in [1.82, 2.24) is 0 Å². The Morgan fingerprint density at radius 2 is 1.74 bits per heavy atom. The van der Waals surface area contributed by atoms with Crippen LogP contribution in [0.25, 0.3) is 0 Å². The van der Waals surface area contributed by atoms with E-state index >= 15 is 0 Å². The Kier molecular flexibility index (Phi) is 5.17. The van der Waals surface area contributed by atoms with E-state index in [1.165, 1.54) is 0 Å². The van der Waals surface area contributed by atoms with Crippen LogP contribution in [0.2, 0.25) is 0 Å². The molecule has 0 radical (unpaired) electrons. The molecule has 4 N–H and O–H groups in total. The molecule has 0 bridgehead atoms. The van der Waals surface area contributed by atoms with E-state index in [-0.39, 0.29) is 0 Å². The first-order chi connectivity index (χ1) is 8.79. The summed E-state index contributed by atoms with van der Waals surface area (Å²) in [5.74, 6) is -3.72. The minimum Gasteiger partial charge on any atom is -0.547 e. The lowest BCUT2D eigenvalue weighted by Gasteiger charge is -2.41. The summed E-state index contributed by atoms with van der Waals surface area (Å²) in [6.45, 7) is -1.02. The van der Waals surface area contributed by atoms with Crippen LogP contribution < -0.4 is 10.2 Å². The molecule has 0 spiro atoms. The third-order valence-corrected chi connectivity index (χ3v) is 2.53. The van der Waals surface area contributed by atoms with E-state index in [1.807, 2.05) is 0 Å². The Bertz CT molecular complexity index is 342. The molecule has 0 aromatic heterocycles. The molecule has 1 rings (SSSR count). The van der Waals surface area contributed by atoms with Crippen molar-refractivity contribution in [1.29, 1.82) is 0 Å². The third-order valence-electron chi connectivity index (χ3n) is 2.53. The third kappa shape index (κ3) is 3.37. The van der Waals surface area contributed by atoms with Gasteiger partial charge in [-0.2, -0.15) is 0 Å². The van der Waals surface area contributed by atoms with Crippen molar-refractivity contribution >= 4 is 11.9 Å². The van der Waals surface area contributed by atoms with E-state index in [4.69, 9.17) is 5.11 Å². The number of rotatable bonds is 5. The molecule has 0 aromatic carbocycles. The van der Waals surface area contributed by atoms with Crippen molar-refractivity contribution in [2.45, 2.75) is 36.8 Å².